The Hall–Kier alpha value is -3.24. The molecule has 4 amide bonds. The highest BCUT2D eigenvalue weighted by atomic mass is 16.3. The van der Waals surface area contributed by atoms with Crippen LogP contribution in [0.2, 0.25) is 0 Å². The molecular weight excluding hydrogens is 322 g/mol. The number of nitrogens with zero attached hydrogens (tertiary/aromatic N) is 2. The topological polar surface area (TPSA) is 163 Å². The number of hydrogen-bond acceptors (Lipinski definition) is 7. The van der Waals surface area contributed by atoms with E-state index in [2.05, 4.69) is 4.99 Å². The van der Waals surface area contributed by atoms with E-state index in [1.807, 2.05) is 18.8 Å². The Bertz CT molecular complexity index is 843. The Balaban J connectivity index is 2.57. The van der Waals surface area contributed by atoms with Gasteiger partial charge >= 0.3 is 11.7 Å². The smallest absolute Gasteiger partial charge is 0.331 e. The average molecular weight is 337 g/mol. The van der Waals surface area contributed by atoms with E-state index >= 15 is 0 Å². The zero-order valence-corrected chi connectivity index (χ0v) is 12.9. The number of urea groups is 1. The van der Waals surface area contributed by atoms with Crippen LogP contribution in [-0.4, -0.2) is 38.2 Å². The first-order valence-electron chi connectivity index (χ1n) is 7.06. The predicted molar refractivity (Wildman–Crippen MR) is 81.2 cm³/mol. The minimum atomic E-state index is -1.12. The van der Waals surface area contributed by atoms with Crippen LogP contribution in [0.1, 0.15) is 20.3 Å². The summed E-state index contributed by atoms with van der Waals surface area (Å²) in [6.07, 6.45) is 0.710. The molecular formula is C13H15N5O6. The zero-order chi connectivity index (χ0) is 18.0. The van der Waals surface area contributed by atoms with Gasteiger partial charge in [0, 0.05) is 6.54 Å². The second kappa shape index (κ2) is 6.48. The van der Waals surface area contributed by atoms with E-state index < -0.39 is 46.4 Å². The van der Waals surface area contributed by atoms with Crippen molar-refractivity contribution in [1.29, 1.82) is 0 Å². The number of aliphatic imine (C=N–C) groups is 1. The highest BCUT2D eigenvalue weighted by molar-refractivity contribution is 6.69. The third kappa shape index (κ3) is 3.24. The number of aromatic nitrogens is 2. The van der Waals surface area contributed by atoms with Gasteiger partial charge in [0.15, 0.2) is 11.4 Å². The summed E-state index contributed by atoms with van der Waals surface area (Å²) in [6, 6.07) is -1.02. The maximum atomic E-state index is 11.9. The molecule has 0 spiro atoms. The molecule has 24 heavy (non-hydrogen) atoms. The number of imide groups is 2. The Labute approximate surface area is 134 Å². The van der Waals surface area contributed by atoms with Gasteiger partial charge in [-0.05, 0) is 5.92 Å². The van der Waals surface area contributed by atoms with E-state index in [0.29, 0.717) is 6.42 Å². The van der Waals surface area contributed by atoms with E-state index in [-0.39, 0.29) is 12.5 Å². The number of barbiturate groups is 1. The van der Waals surface area contributed by atoms with Crippen LogP contribution in [0.4, 0.5) is 10.5 Å². The van der Waals surface area contributed by atoms with Crippen LogP contribution in [0.25, 0.3) is 0 Å². The third-order valence-corrected chi connectivity index (χ3v) is 3.45. The van der Waals surface area contributed by atoms with Crippen molar-refractivity contribution in [1.82, 2.24) is 20.2 Å². The second-order valence-electron chi connectivity index (χ2n) is 5.25. The fraction of sp³-hybridized carbons (Fsp3) is 0.385. The molecule has 0 radical (unpaired) electrons. The van der Waals surface area contributed by atoms with Crippen molar-refractivity contribution in [2.45, 2.75) is 26.8 Å². The van der Waals surface area contributed by atoms with Gasteiger partial charge in [-0.25, -0.2) is 14.6 Å². The SMILES string of the molecule is CCC(C)Cn1c(O)c(N=C2C(=O)NC(=O)NC2=O)c(=O)[nH]c1=O. The van der Waals surface area contributed by atoms with Crippen LogP contribution < -0.4 is 21.9 Å². The minimum Gasteiger partial charge on any atom is -0.493 e. The normalized spacial score (nSPS) is 15.8. The van der Waals surface area contributed by atoms with Crippen LogP contribution >= 0.6 is 0 Å². The molecule has 0 bridgehead atoms. The number of hydrogen-bond donors (Lipinski definition) is 4. The monoisotopic (exact) mass is 337 g/mol. The second-order valence-corrected chi connectivity index (χ2v) is 5.25. The highest BCUT2D eigenvalue weighted by Gasteiger charge is 2.30. The van der Waals surface area contributed by atoms with Gasteiger partial charge in [0.05, 0.1) is 0 Å². The van der Waals surface area contributed by atoms with E-state index in [4.69, 9.17) is 0 Å². The quantitative estimate of drug-likeness (QED) is 0.535. The molecule has 1 saturated heterocycles. The number of carbonyl (C=O) groups excluding carboxylic acids is 3. The summed E-state index contributed by atoms with van der Waals surface area (Å²) < 4.78 is 0.888. The number of rotatable bonds is 4. The van der Waals surface area contributed by atoms with Crippen LogP contribution in [0, 0.1) is 5.92 Å². The van der Waals surface area contributed by atoms with Crippen molar-refractivity contribution in [3.05, 3.63) is 20.8 Å². The molecule has 1 aromatic rings. The van der Waals surface area contributed by atoms with Gasteiger partial charge in [-0.3, -0.25) is 34.6 Å². The van der Waals surface area contributed by atoms with Crippen molar-refractivity contribution >= 4 is 29.2 Å². The zero-order valence-electron chi connectivity index (χ0n) is 12.9. The predicted octanol–water partition coefficient (Wildman–Crippen LogP) is -1.27. The largest absolute Gasteiger partial charge is 0.493 e. The van der Waals surface area contributed by atoms with Crippen molar-refractivity contribution in [3.63, 3.8) is 0 Å². The third-order valence-electron chi connectivity index (χ3n) is 3.45. The lowest BCUT2D eigenvalue weighted by atomic mass is 10.1. The van der Waals surface area contributed by atoms with Crippen LogP contribution in [0.3, 0.4) is 0 Å². The van der Waals surface area contributed by atoms with E-state index in [1.54, 1.807) is 10.6 Å². The van der Waals surface area contributed by atoms with Gasteiger partial charge in [0.1, 0.15) is 0 Å². The molecule has 1 unspecified atom stereocenters. The van der Waals surface area contributed by atoms with Gasteiger partial charge in [0.25, 0.3) is 17.4 Å². The summed E-state index contributed by atoms with van der Waals surface area (Å²) in [5.41, 5.74) is -3.37. The first-order valence-corrected chi connectivity index (χ1v) is 7.06. The van der Waals surface area contributed by atoms with Gasteiger partial charge in [-0.2, -0.15) is 0 Å². The summed E-state index contributed by atoms with van der Waals surface area (Å²) in [7, 11) is 0. The molecule has 1 atom stereocenters. The fourth-order valence-corrected chi connectivity index (χ4v) is 1.93. The Kier molecular flexibility index (Phi) is 4.62. The Morgan fingerprint density at radius 2 is 1.71 bits per heavy atom. The van der Waals surface area contributed by atoms with E-state index in [1.165, 1.54) is 0 Å². The molecule has 1 fully saturated rings. The number of aromatic hydroxyl groups is 1. The van der Waals surface area contributed by atoms with Crippen molar-refractivity contribution in [2.75, 3.05) is 0 Å². The first-order chi connectivity index (χ1) is 11.2. The summed E-state index contributed by atoms with van der Waals surface area (Å²) in [4.78, 5) is 63.4. The van der Waals surface area contributed by atoms with Crippen LogP contribution in [0.5, 0.6) is 5.88 Å². The van der Waals surface area contributed by atoms with Gasteiger partial charge < -0.3 is 5.11 Å². The molecule has 1 aliphatic rings. The number of carbonyl (C=O) groups is 3. The van der Waals surface area contributed by atoms with E-state index in [9.17, 15) is 29.1 Å². The lowest BCUT2D eigenvalue weighted by Gasteiger charge is -2.15. The molecule has 0 saturated carbocycles. The average Bonchev–Trinajstić information content (AvgIpc) is 2.49. The molecule has 2 rings (SSSR count). The van der Waals surface area contributed by atoms with Crippen molar-refractivity contribution in [2.24, 2.45) is 10.9 Å². The Morgan fingerprint density at radius 1 is 1.12 bits per heavy atom. The summed E-state index contributed by atoms with van der Waals surface area (Å²) in [5.74, 6) is -3.00. The van der Waals surface area contributed by atoms with Gasteiger partial charge in [-0.15, -0.1) is 0 Å². The molecule has 11 heteroatoms. The molecule has 0 aromatic carbocycles. The number of amides is 4. The number of nitrogens with one attached hydrogen (secondary N) is 3. The first kappa shape index (κ1) is 17.1. The molecule has 4 N–H and O–H groups in total. The summed E-state index contributed by atoms with van der Waals surface area (Å²) >= 11 is 0. The summed E-state index contributed by atoms with van der Waals surface area (Å²) in [5, 5.41) is 13.7. The van der Waals surface area contributed by atoms with Crippen LogP contribution in [-0.2, 0) is 16.1 Å². The van der Waals surface area contributed by atoms with E-state index in [0.717, 1.165) is 4.57 Å². The minimum absolute atomic E-state index is 0.0129. The standard InChI is InChI=1S/C13H15N5O6/c1-3-5(2)4-18-11(22)7(10(21)17-13(18)24)14-6-8(19)15-12(23)16-9(6)20/h5,22H,3-4H2,1-2H3,(H,17,21,24)(H2,15,16,19,20,23). The molecule has 128 valence electrons. The maximum Gasteiger partial charge on any atom is 0.331 e. The number of aromatic amines is 1. The Morgan fingerprint density at radius 3 is 2.25 bits per heavy atom. The fourth-order valence-electron chi connectivity index (χ4n) is 1.93. The summed E-state index contributed by atoms with van der Waals surface area (Å²) in [6.45, 7) is 3.82. The number of H-pyrrole nitrogens is 1. The van der Waals surface area contributed by atoms with Gasteiger partial charge in [-0.1, -0.05) is 20.3 Å². The highest BCUT2D eigenvalue weighted by Crippen LogP contribution is 2.21. The van der Waals surface area contributed by atoms with Gasteiger partial charge in [0.2, 0.25) is 5.88 Å². The molecule has 11 nitrogen and oxygen atoms in total. The molecule has 1 aliphatic heterocycles. The van der Waals surface area contributed by atoms with Crippen molar-refractivity contribution < 1.29 is 19.5 Å². The molecule has 2 heterocycles. The molecule has 0 aliphatic carbocycles. The maximum absolute atomic E-state index is 11.9. The lowest BCUT2D eigenvalue weighted by Crippen LogP contribution is -2.56. The van der Waals surface area contributed by atoms with Crippen LogP contribution in [0.15, 0.2) is 14.6 Å². The lowest BCUT2D eigenvalue weighted by molar-refractivity contribution is -0.119. The molecule has 1 aromatic heterocycles. The van der Waals surface area contributed by atoms with Crippen molar-refractivity contribution in [3.8, 4) is 5.88 Å².